The van der Waals surface area contributed by atoms with Crippen molar-refractivity contribution in [3.63, 3.8) is 0 Å². The highest BCUT2D eigenvalue weighted by atomic mass is 28.4. The fraction of sp³-hybridized carbons (Fsp3) is 0.0909. The summed E-state index contributed by atoms with van der Waals surface area (Å²) in [5, 5.41) is 1.09. The first-order chi connectivity index (χ1) is 18.6. The van der Waals surface area contributed by atoms with Gasteiger partial charge in [-0.15, -0.1) is 0 Å². The van der Waals surface area contributed by atoms with Gasteiger partial charge in [0.25, 0.3) is 0 Å². The van der Waals surface area contributed by atoms with E-state index in [-0.39, 0.29) is 0 Å². The van der Waals surface area contributed by atoms with E-state index < -0.39 is 8.56 Å². The molecule has 4 nitrogen and oxygen atoms in total. The second kappa shape index (κ2) is 11.5. The summed E-state index contributed by atoms with van der Waals surface area (Å²) in [7, 11) is 1.04. The summed E-state index contributed by atoms with van der Waals surface area (Å²) in [4.78, 5) is 4.54. The maximum absolute atomic E-state index is 5.75. The maximum atomic E-state index is 5.75. The van der Waals surface area contributed by atoms with Gasteiger partial charge >= 0.3 is 8.56 Å². The standard InChI is InChI=1S/C33H32N2O2Si/c1-36-38(3,37-2)33-25-23-32(24-26-33)35(29-17-11-6-12-18-29)31-21-19-30(20-22-31)34(27-13-7-4-8-14-27)28-15-9-5-10-16-28/h4-26H,1-3H3. The predicted molar refractivity (Wildman–Crippen MR) is 161 cm³/mol. The highest BCUT2D eigenvalue weighted by Crippen LogP contribution is 2.38. The molecule has 5 aromatic carbocycles. The Balaban J connectivity index is 1.54. The lowest BCUT2D eigenvalue weighted by atomic mass is 10.1. The Labute approximate surface area is 226 Å². The molecule has 0 aliphatic heterocycles. The second-order valence-corrected chi connectivity index (χ2v) is 12.4. The van der Waals surface area contributed by atoms with Crippen molar-refractivity contribution in [3.05, 3.63) is 140 Å². The minimum absolute atomic E-state index is 1.07. The zero-order chi connectivity index (χ0) is 26.4. The van der Waals surface area contributed by atoms with Crippen LogP contribution < -0.4 is 15.0 Å². The smallest absolute Gasteiger partial charge is 0.368 e. The molecule has 5 aromatic rings. The molecule has 5 heteroatoms. The van der Waals surface area contributed by atoms with Gasteiger partial charge in [-0.2, -0.15) is 0 Å². The van der Waals surface area contributed by atoms with E-state index in [1.54, 1.807) is 14.2 Å². The number of hydrogen-bond acceptors (Lipinski definition) is 4. The number of para-hydroxylation sites is 3. The monoisotopic (exact) mass is 516 g/mol. The first-order valence-corrected chi connectivity index (χ1v) is 15.0. The van der Waals surface area contributed by atoms with Gasteiger partial charge in [0.05, 0.1) is 0 Å². The van der Waals surface area contributed by atoms with Gasteiger partial charge in [-0.05, 0) is 84.5 Å². The molecule has 0 spiro atoms. The van der Waals surface area contributed by atoms with Crippen LogP contribution in [0.15, 0.2) is 140 Å². The Bertz CT molecular complexity index is 1380. The molecule has 0 unspecified atom stereocenters. The van der Waals surface area contributed by atoms with Crippen LogP contribution in [-0.2, 0) is 8.85 Å². The van der Waals surface area contributed by atoms with Crippen molar-refractivity contribution < 1.29 is 8.85 Å². The van der Waals surface area contributed by atoms with Crippen molar-refractivity contribution in [2.24, 2.45) is 0 Å². The topological polar surface area (TPSA) is 24.9 Å². The Morgan fingerprint density at radius 3 is 0.947 bits per heavy atom. The van der Waals surface area contributed by atoms with Crippen LogP contribution >= 0.6 is 0 Å². The summed E-state index contributed by atoms with van der Waals surface area (Å²) in [5.74, 6) is 0. The molecule has 0 amide bonds. The molecule has 0 saturated carbocycles. The van der Waals surface area contributed by atoms with Crippen molar-refractivity contribution in [2.45, 2.75) is 6.55 Å². The minimum Gasteiger partial charge on any atom is -0.394 e. The molecule has 0 fully saturated rings. The highest BCUT2D eigenvalue weighted by molar-refractivity contribution is 6.79. The average Bonchev–Trinajstić information content (AvgIpc) is 3.00. The van der Waals surface area contributed by atoms with Crippen LogP contribution in [0.25, 0.3) is 0 Å². The minimum atomic E-state index is -2.40. The van der Waals surface area contributed by atoms with Gasteiger partial charge in [0.2, 0.25) is 0 Å². The fourth-order valence-corrected chi connectivity index (χ4v) is 6.02. The zero-order valence-corrected chi connectivity index (χ0v) is 23.0. The quantitative estimate of drug-likeness (QED) is 0.184. The molecule has 0 radical (unpaired) electrons. The van der Waals surface area contributed by atoms with E-state index in [1.165, 1.54) is 0 Å². The summed E-state index contributed by atoms with van der Waals surface area (Å²) < 4.78 is 11.5. The normalized spacial score (nSPS) is 11.2. The van der Waals surface area contributed by atoms with Gasteiger partial charge in [-0.25, -0.2) is 0 Å². The lowest BCUT2D eigenvalue weighted by Gasteiger charge is -2.29. The van der Waals surface area contributed by atoms with Crippen LogP contribution in [0.1, 0.15) is 0 Å². The van der Waals surface area contributed by atoms with E-state index in [0.717, 1.165) is 39.3 Å². The van der Waals surface area contributed by atoms with Gasteiger partial charge in [0, 0.05) is 48.3 Å². The van der Waals surface area contributed by atoms with Crippen molar-refractivity contribution >= 4 is 47.9 Å². The molecule has 0 aliphatic carbocycles. The molecule has 0 atom stereocenters. The van der Waals surface area contributed by atoms with Crippen LogP contribution in [0, 0.1) is 0 Å². The van der Waals surface area contributed by atoms with Crippen molar-refractivity contribution in [1.82, 2.24) is 0 Å². The number of nitrogens with zero attached hydrogens (tertiary/aromatic N) is 2. The lowest BCUT2D eigenvalue weighted by Crippen LogP contribution is -2.49. The number of rotatable bonds is 9. The van der Waals surface area contributed by atoms with E-state index in [0.29, 0.717) is 0 Å². The van der Waals surface area contributed by atoms with Crippen LogP contribution in [0.4, 0.5) is 34.1 Å². The van der Waals surface area contributed by atoms with E-state index in [2.05, 4.69) is 138 Å². The first-order valence-electron chi connectivity index (χ1n) is 12.7. The van der Waals surface area contributed by atoms with Crippen molar-refractivity contribution in [1.29, 1.82) is 0 Å². The third-order valence-electron chi connectivity index (χ3n) is 6.84. The molecule has 38 heavy (non-hydrogen) atoms. The van der Waals surface area contributed by atoms with Gasteiger partial charge < -0.3 is 18.7 Å². The zero-order valence-electron chi connectivity index (χ0n) is 22.0. The summed E-state index contributed by atoms with van der Waals surface area (Å²) in [6, 6.07) is 48.6. The Morgan fingerprint density at radius 1 is 0.395 bits per heavy atom. The summed E-state index contributed by atoms with van der Waals surface area (Å²) in [5.41, 5.74) is 6.56. The largest absolute Gasteiger partial charge is 0.394 e. The van der Waals surface area contributed by atoms with Crippen LogP contribution in [0.5, 0.6) is 0 Å². The molecule has 0 heterocycles. The molecule has 0 aliphatic rings. The molecule has 190 valence electrons. The number of benzene rings is 5. The number of hydrogen-bond donors (Lipinski definition) is 0. The van der Waals surface area contributed by atoms with E-state index >= 15 is 0 Å². The van der Waals surface area contributed by atoms with Gasteiger partial charge in [0.15, 0.2) is 0 Å². The van der Waals surface area contributed by atoms with Crippen molar-refractivity contribution in [2.75, 3.05) is 24.0 Å². The molecule has 5 rings (SSSR count). The predicted octanol–water partition coefficient (Wildman–Crippen LogP) is 8.20. The van der Waals surface area contributed by atoms with Crippen LogP contribution in [-0.4, -0.2) is 22.8 Å². The van der Waals surface area contributed by atoms with Gasteiger partial charge in [-0.3, -0.25) is 0 Å². The first kappa shape index (κ1) is 25.5. The Kier molecular flexibility index (Phi) is 7.70. The third kappa shape index (κ3) is 5.26. The molecule has 0 saturated heterocycles. The third-order valence-corrected chi connectivity index (χ3v) is 9.78. The maximum Gasteiger partial charge on any atom is 0.368 e. The second-order valence-electron chi connectivity index (χ2n) is 9.09. The molecule has 0 aromatic heterocycles. The molecular weight excluding hydrogens is 484 g/mol. The highest BCUT2D eigenvalue weighted by Gasteiger charge is 2.31. The SMILES string of the molecule is CO[Si](C)(OC)c1ccc(N(c2ccccc2)c2ccc(N(c3ccccc3)c3ccccc3)cc2)cc1. The molecular formula is C33H32N2O2Si. The van der Waals surface area contributed by atoms with Gasteiger partial charge in [-0.1, -0.05) is 66.7 Å². The van der Waals surface area contributed by atoms with E-state index in [1.807, 2.05) is 18.2 Å². The lowest BCUT2D eigenvalue weighted by molar-refractivity contribution is 0.265. The average molecular weight is 517 g/mol. The fourth-order valence-electron chi connectivity index (χ4n) is 4.61. The summed E-state index contributed by atoms with van der Waals surface area (Å²) in [6.07, 6.45) is 0. The van der Waals surface area contributed by atoms with Crippen LogP contribution in [0.3, 0.4) is 0 Å². The molecule has 0 N–H and O–H groups in total. The molecule has 0 bridgehead atoms. The van der Waals surface area contributed by atoms with E-state index in [9.17, 15) is 0 Å². The van der Waals surface area contributed by atoms with Gasteiger partial charge in [0.1, 0.15) is 0 Å². The Hall–Kier alpha value is -4.16. The summed E-state index contributed by atoms with van der Waals surface area (Å²) >= 11 is 0. The number of anilines is 6. The summed E-state index contributed by atoms with van der Waals surface area (Å²) in [6.45, 7) is 2.06. The van der Waals surface area contributed by atoms with E-state index in [4.69, 9.17) is 8.85 Å². The van der Waals surface area contributed by atoms with Crippen LogP contribution in [0.2, 0.25) is 6.55 Å². The Morgan fingerprint density at radius 2 is 0.658 bits per heavy atom. The van der Waals surface area contributed by atoms with Crippen molar-refractivity contribution in [3.8, 4) is 0 Å².